The Kier molecular flexibility index (Phi) is 7.52. The average Bonchev–Trinajstić information content (AvgIpc) is 2.75. The maximum absolute atomic E-state index is 13.4. The second-order valence-corrected chi connectivity index (χ2v) is 9.90. The van der Waals surface area contributed by atoms with Gasteiger partial charge in [-0.25, -0.2) is 8.42 Å². The van der Waals surface area contributed by atoms with Crippen LogP contribution in [0.4, 0.5) is 0 Å². The number of amides is 1. The lowest BCUT2D eigenvalue weighted by molar-refractivity contribution is -0.133. The lowest BCUT2D eigenvalue weighted by Crippen LogP contribution is -2.51. The molecule has 0 unspecified atom stereocenters. The number of hydrogen-bond acceptors (Lipinski definition) is 4. The van der Waals surface area contributed by atoms with Crippen LogP contribution in [0, 0.1) is 6.92 Å². The van der Waals surface area contributed by atoms with Crippen LogP contribution in [0.15, 0.2) is 53.4 Å². The summed E-state index contributed by atoms with van der Waals surface area (Å²) in [5, 5.41) is 0.580. The van der Waals surface area contributed by atoms with Gasteiger partial charge >= 0.3 is 0 Å². The quantitative estimate of drug-likeness (QED) is 0.652. The predicted molar refractivity (Wildman–Crippen MR) is 119 cm³/mol. The molecule has 2 aromatic carbocycles. The molecule has 0 radical (unpaired) electrons. The summed E-state index contributed by atoms with van der Waals surface area (Å²) in [6, 6.07) is 13.7. The molecule has 0 saturated carbocycles. The molecule has 2 aromatic rings. The number of piperazine rings is 1. The first-order chi connectivity index (χ1) is 14.3. The van der Waals surface area contributed by atoms with Gasteiger partial charge in [-0.1, -0.05) is 48.4 Å². The van der Waals surface area contributed by atoms with Crippen LogP contribution in [0.1, 0.15) is 18.1 Å². The minimum Gasteiger partial charge on any atom is -0.339 e. The van der Waals surface area contributed by atoms with Crippen molar-refractivity contribution < 1.29 is 13.2 Å². The van der Waals surface area contributed by atoms with E-state index in [1.807, 2.05) is 6.92 Å². The van der Waals surface area contributed by atoms with Gasteiger partial charge in [-0.2, -0.15) is 4.31 Å². The maximum atomic E-state index is 13.4. The molecule has 1 heterocycles. The number of carbonyl (C=O) groups excluding carboxylic acids is 1. The minimum atomic E-state index is -3.83. The van der Waals surface area contributed by atoms with Crippen LogP contribution in [0.25, 0.3) is 0 Å². The molecule has 0 N–H and O–H groups in total. The third kappa shape index (κ3) is 5.60. The molecule has 6 nitrogen and oxygen atoms in total. The van der Waals surface area contributed by atoms with Gasteiger partial charge in [-0.15, -0.1) is 0 Å². The maximum Gasteiger partial charge on any atom is 0.243 e. The highest BCUT2D eigenvalue weighted by molar-refractivity contribution is 7.89. The molecular formula is C22H28ClN3O3S. The Balaban J connectivity index is 1.82. The summed E-state index contributed by atoms with van der Waals surface area (Å²) in [4.78, 5) is 17.2. The first-order valence-electron chi connectivity index (χ1n) is 10.1. The van der Waals surface area contributed by atoms with Gasteiger partial charge in [0.25, 0.3) is 0 Å². The molecule has 1 aliphatic rings. The minimum absolute atomic E-state index is 0.105. The van der Waals surface area contributed by atoms with E-state index >= 15 is 0 Å². The molecule has 0 aliphatic carbocycles. The first-order valence-corrected chi connectivity index (χ1v) is 11.9. The van der Waals surface area contributed by atoms with Gasteiger partial charge in [-0.05, 0) is 43.3 Å². The van der Waals surface area contributed by atoms with Crippen LogP contribution >= 0.6 is 11.6 Å². The zero-order chi connectivity index (χ0) is 21.7. The fourth-order valence-corrected chi connectivity index (χ4v) is 4.95. The van der Waals surface area contributed by atoms with Crippen molar-refractivity contribution >= 4 is 27.5 Å². The van der Waals surface area contributed by atoms with Crippen molar-refractivity contribution in [2.75, 3.05) is 39.3 Å². The Hall–Kier alpha value is -1.93. The second kappa shape index (κ2) is 9.92. The molecule has 1 aliphatic heterocycles. The van der Waals surface area contributed by atoms with Crippen molar-refractivity contribution in [1.29, 1.82) is 0 Å². The Morgan fingerprint density at radius 1 is 1.00 bits per heavy atom. The van der Waals surface area contributed by atoms with E-state index in [4.69, 9.17) is 11.6 Å². The number of halogens is 1. The molecule has 0 aromatic heterocycles. The Morgan fingerprint density at radius 3 is 2.17 bits per heavy atom. The van der Waals surface area contributed by atoms with E-state index in [1.54, 1.807) is 53.4 Å². The topological polar surface area (TPSA) is 60.9 Å². The zero-order valence-electron chi connectivity index (χ0n) is 17.4. The monoisotopic (exact) mass is 449 g/mol. The molecule has 0 spiro atoms. The lowest BCUT2D eigenvalue weighted by Gasteiger charge is -2.35. The van der Waals surface area contributed by atoms with E-state index < -0.39 is 10.0 Å². The van der Waals surface area contributed by atoms with Crippen LogP contribution in [0.2, 0.25) is 5.02 Å². The molecule has 1 amide bonds. The third-order valence-corrected chi connectivity index (χ3v) is 7.47. The lowest BCUT2D eigenvalue weighted by atomic mass is 10.2. The van der Waals surface area contributed by atoms with E-state index in [0.29, 0.717) is 18.1 Å². The summed E-state index contributed by atoms with van der Waals surface area (Å²) >= 11 is 5.96. The van der Waals surface area contributed by atoms with Crippen molar-refractivity contribution in [3.05, 3.63) is 64.7 Å². The number of likely N-dealkylation sites (N-methyl/N-ethyl adjacent to an activating group) is 1. The number of hydrogen-bond donors (Lipinski definition) is 0. The fraction of sp³-hybridized carbons (Fsp3) is 0.409. The van der Waals surface area contributed by atoms with Crippen molar-refractivity contribution in [3.63, 3.8) is 0 Å². The average molecular weight is 450 g/mol. The number of benzene rings is 2. The molecular weight excluding hydrogens is 422 g/mol. The highest BCUT2D eigenvalue weighted by Crippen LogP contribution is 2.20. The van der Waals surface area contributed by atoms with Gasteiger partial charge in [0.05, 0.1) is 11.4 Å². The summed E-state index contributed by atoms with van der Waals surface area (Å²) in [5.41, 5.74) is 1.75. The van der Waals surface area contributed by atoms with Gasteiger partial charge in [0.2, 0.25) is 15.9 Å². The second-order valence-electron chi connectivity index (χ2n) is 7.53. The molecule has 0 atom stereocenters. The van der Waals surface area contributed by atoms with E-state index in [1.165, 1.54) is 4.31 Å². The fourth-order valence-electron chi connectivity index (χ4n) is 3.44. The van der Waals surface area contributed by atoms with Crippen LogP contribution < -0.4 is 0 Å². The number of aryl methyl sites for hydroxylation is 1. The Morgan fingerprint density at radius 2 is 1.60 bits per heavy atom. The summed E-state index contributed by atoms with van der Waals surface area (Å²) in [6.07, 6.45) is 0. The molecule has 1 fully saturated rings. The van der Waals surface area contributed by atoms with Crippen molar-refractivity contribution in [2.24, 2.45) is 0 Å². The molecule has 1 saturated heterocycles. The predicted octanol–water partition coefficient (Wildman–Crippen LogP) is 3.00. The number of rotatable bonds is 7. The molecule has 30 heavy (non-hydrogen) atoms. The smallest absolute Gasteiger partial charge is 0.243 e. The van der Waals surface area contributed by atoms with Crippen molar-refractivity contribution in [1.82, 2.24) is 14.1 Å². The van der Waals surface area contributed by atoms with Gasteiger partial charge < -0.3 is 9.80 Å². The Bertz CT molecular complexity index is 954. The molecule has 162 valence electrons. The van der Waals surface area contributed by atoms with Crippen molar-refractivity contribution in [2.45, 2.75) is 25.3 Å². The number of carbonyl (C=O) groups is 1. The summed E-state index contributed by atoms with van der Waals surface area (Å²) < 4.78 is 28.0. The van der Waals surface area contributed by atoms with Gasteiger partial charge in [0, 0.05) is 37.7 Å². The normalized spacial score (nSPS) is 15.5. The standard InChI is InChI=1S/C22H28ClN3O3S/c1-3-24-12-14-25(15-13-24)22(27)17-26(16-19-6-8-20(23)9-7-19)30(28,29)21-10-4-18(2)5-11-21/h4-11H,3,12-17H2,1-2H3. The van der Waals surface area contributed by atoms with E-state index in [-0.39, 0.29) is 23.9 Å². The molecule has 0 bridgehead atoms. The molecule has 8 heteroatoms. The largest absolute Gasteiger partial charge is 0.339 e. The van der Waals surface area contributed by atoms with Gasteiger partial charge in [0.15, 0.2) is 0 Å². The highest BCUT2D eigenvalue weighted by Gasteiger charge is 2.29. The van der Waals surface area contributed by atoms with Crippen molar-refractivity contribution in [3.8, 4) is 0 Å². The van der Waals surface area contributed by atoms with Crippen LogP contribution in [0.5, 0.6) is 0 Å². The summed E-state index contributed by atoms with van der Waals surface area (Å²) in [6.45, 7) is 7.72. The van der Waals surface area contributed by atoms with Crippen LogP contribution in [0.3, 0.4) is 0 Å². The van der Waals surface area contributed by atoms with E-state index in [9.17, 15) is 13.2 Å². The summed E-state index contributed by atoms with van der Waals surface area (Å²) in [7, 11) is -3.83. The molecule has 3 rings (SSSR count). The number of nitrogens with zero attached hydrogens (tertiary/aromatic N) is 3. The third-order valence-electron chi connectivity index (χ3n) is 5.41. The zero-order valence-corrected chi connectivity index (χ0v) is 19.0. The van der Waals surface area contributed by atoms with E-state index in [0.717, 1.165) is 30.8 Å². The van der Waals surface area contributed by atoms with Crippen LogP contribution in [-0.4, -0.2) is 67.7 Å². The Labute approximate surface area is 184 Å². The van der Waals surface area contributed by atoms with Crippen LogP contribution in [-0.2, 0) is 21.4 Å². The SMILES string of the molecule is CCN1CCN(C(=O)CN(Cc2ccc(Cl)cc2)S(=O)(=O)c2ccc(C)cc2)CC1. The van der Waals surface area contributed by atoms with Gasteiger partial charge in [0.1, 0.15) is 0 Å². The van der Waals surface area contributed by atoms with E-state index in [2.05, 4.69) is 11.8 Å². The first kappa shape index (κ1) is 22.7. The number of sulfonamides is 1. The highest BCUT2D eigenvalue weighted by atomic mass is 35.5. The van der Waals surface area contributed by atoms with Gasteiger partial charge in [-0.3, -0.25) is 4.79 Å². The summed E-state index contributed by atoms with van der Waals surface area (Å²) in [5.74, 6) is -0.171.